The lowest BCUT2D eigenvalue weighted by Crippen LogP contribution is -2.24. The Kier molecular flexibility index (Phi) is 8.19. The fourth-order valence-corrected chi connectivity index (χ4v) is 2.20. The van der Waals surface area contributed by atoms with Gasteiger partial charge in [0, 0.05) is 0 Å². The molecule has 138 valence electrons. The van der Waals surface area contributed by atoms with E-state index in [0.29, 0.717) is 5.75 Å². The molecule has 0 saturated heterocycles. The molecule has 0 saturated carbocycles. The molecule has 0 aliphatic heterocycles. The third-order valence-electron chi connectivity index (χ3n) is 3.73. The van der Waals surface area contributed by atoms with Gasteiger partial charge in [-0.15, -0.1) is 0 Å². The quantitative estimate of drug-likeness (QED) is 0.399. The molecule has 2 aromatic rings. The minimum absolute atomic E-state index is 0.0747. The fourth-order valence-electron chi connectivity index (χ4n) is 2.20. The Bertz CT molecular complexity index is 711. The number of nitrogens with zero attached hydrogens (tertiary/aromatic N) is 1. The zero-order valence-electron chi connectivity index (χ0n) is 15.4. The molecule has 2 aromatic carbocycles. The summed E-state index contributed by atoms with van der Waals surface area (Å²) in [6.07, 6.45) is 4.67. The fraction of sp³-hybridized carbons (Fsp3) is 0.333. The van der Waals surface area contributed by atoms with Gasteiger partial charge >= 0.3 is 0 Å². The number of hydrogen-bond donors (Lipinski definition) is 1. The van der Waals surface area contributed by atoms with E-state index >= 15 is 0 Å². The van der Waals surface area contributed by atoms with Crippen LogP contribution in [0, 0.1) is 0 Å². The van der Waals surface area contributed by atoms with Gasteiger partial charge in [-0.1, -0.05) is 32.4 Å². The SMILES string of the molecule is CCCCOc1ccc(/C=N/NC(=O)COc2cccc(CC)c2)cc1. The number of benzene rings is 2. The summed E-state index contributed by atoms with van der Waals surface area (Å²) in [6, 6.07) is 15.3. The number of unbranched alkanes of at least 4 members (excludes halogenated alkanes) is 1. The van der Waals surface area contributed by atoms with E-state index in [-0.39, 0.29) is 12.5 Å². The largest absolute Gasteiger partial charge is 0.494 e. The highest BCUT2D eigenvalue weighted by molar-refractivity contribution is 5.83. The van der Waals surface area contributed by atoms with Crippen molar-refractivity contribution in [2.45, 2.75) is 33.1 Å². The third-order valence-corrected chi connectivity index (χ3v) is 3.73. The summed E-state index contributed by atoms with van der Waals surface area (Å²) in [6.45, 7) is 4.85. The number of aryl methyl sites for hydroxylation is 1. The predicted molar refractivity (Wildman–Crippen MR) is 104 cm³/mol. The van der Waals surface area contributed by atoms with Crippen molar-refractivity contribution in [1.82, 2.24) is 5.43 Å². The van der Waals surface area contributed by atoms with Gasteiger partial charge in [-0.3, -0.25) is 4.79 Å². The molecular formula is C21H26N2O3. The Balaban J connectivity index is 1.74. The summed E-state index contributed by atoms with van der Waals surface area (Å²) < 4.78 is 11.1. The van der Waals surface area contributed by atoms with Gasteiger partial charge in [0.25, 0.3) is 5.91 Å². The van der Waals surface area contributed by atoms with Crippen molar-refractivity contribution in [2.75, 3.05) is 13.2 Å². The minimum atomic E-state index is -0.303. The van der Waals surface area contributed by atoms with Crippen LogP contribution >= 0.6 is 0 Å². The van der Waals surface area contributed by atoms with Crippen molar-refractivity contribution in [3.63, 3.8) is 0 Å². The van der Waals surface area contributed by atoms with Gasteiger partial charge in [0.05, 0.1) is 12.8 Å². The number of hydrazone groups is 1. The van der Waals surface area contributed by atoms with Crippen molar-refractivity contribution in [3.05, 3.63) is 59.7 Å². The van der Waals surface area contributed by atoms with Crippen molar-refractivity contribution in [1.29, 1.82) is 0 Å². The lowest BCUT2D eigenvalue weighted by molar-refractivity contribution is -0.123. The highest BCUT2D eigenvalue weighted by Crippen LogP contribution is 2.13. The summed E-state index contributed by atoms with van der Waals surface area (Å²) in [5.74, 6) is 1.21. The average Bonchev–Trinajstić information content (AvgIpc) is 2.68. The molecule has 0 bridgehead atoms. The first-order chi connectivity index (χ1) is 12.7. The summed E-state index contributed by atoms with van der Waals surface area (Å²) in [7, 11) is 0. The molecule has 1 N–H and O–H groups in total. The van der Waals surface area contributed by atoms with Crippen molar-refractivity contribution >= 4 is 12.1 Å². The zero-order chi connectivity index (χ0) is 18.6. The first-order valence-corrected chi connectivity index (χ1v) is 8.97. The predicted octanol–water partition coefficient (Wildman–Crippen LogP) is 3.96. The molecule has 1 amide bonds. The molecule has 0 atom stereocenters. The topological polar surface area (TPSA) is 59.9 Å². The molecule has 0 radical (unpaired) electrons. The van der Waals surface area contributed by atoms with Crippen LogP contribution in [0.2, 0.25) is 0 Å². The number of nitrogens with one attached hydrogen (secondary N) is 1. The molecule has 26 heavy (non-hydrogen) atoms. The van der Waals surface area contributed by atoms with E-state index in [1.54, 1.807) is 6.21 Å². The van der Waals surface area contributed by atoms with Crippen LogP contribution in [-0.4, -0.2) is 25.3 Å². The highest BCUT2D eigenvalue weighted by Gasteiger charge is 2.02. The van der Waals surface area contributed by atoms with Crippen LogP contribution in [-0.2, 0) is 11.2 Å². The maximum absolute atomic E-state index is 11.8. The maximum Gasteiger partial charge on any atom is 0.277 e. The lowest BCUT2D eigenvalue weighted by Gasteiger charge is -2.06. The van der Waals surface area contributed by atoms with E-state index in [9.17, 15) is 4.79 Å². The highest BCUT2D eigenvalue weighted by atomic mass is 16.5. The van der Waals surface area contributed by atoms with Crippen LogP contribution in [0.15, 0.2) is 53.6 Å². The molecule has 2 rings (SSSR count). The number of carbonyl (C=O) groups excluding carboxylic acids is 1. The standard InChI is InChI=1S/C21H26N2O3/c1-3-5-13-25-19-11-9-18(10-12-19)15-22-23-21(24)16-26-20-8-6-7-17(4-2)14-20/h6-12,14-15H,3-5,13,16H2,1-2H3,(H,23,24)/b22-15+. The van der Waals surface area contributed by atoms with Gasteiger partial charge in [0.2, 0.25) is 0 Å². The van der Waals surface area contributed by atoms with Crippen LogP contribution in [0.4, 0.5) is 0 Å². The normalized spacial score (nSPS) is 10.7. The van der Waals surface area contributed by atoms with Crippen LogP contribution in [0.25, 0.3) is 0 Å². The Labute approximate surface area is 155 Å². The molecule has 0 aliphatic rings. The number of ether oxygens (including phenoxy) is 2. The Hall–Kier alpha value is -2.82. The maximum atomic E-state index is 11.8. The first kappa shape index (κ1) is 19.5. The molecule has 0 aromatic heterocycles. The molecule has 0 fully saturated rings. The number of hydrogen-bond acceptors (Lipinski definition) is 4. The summed E-state index contributed by atoms with van der Waals surface area (Å²) in [5.41, 5.74) is 4.51. The molecule has 0 spiro atoms. The Morgan fingerprint density at radius 2 is 1.88 bits per heavy atom. The van der Waals surface area contributed by atoms with Crippen molar-refractivity contribution in [3.8, 4) is 11.5 Å². The van der Waals surface area contributed by atoms with E-state index in [0.717, 1.165) is 37.2 Å². The second kappa shape index (κ2) is 10.9. The molecule has 0 unspecified atom stereocenters. The average molecular weight is 354 g/mol. The van der Waals surface area contributed by atoms with Gasteiger partial charge in [-0.25, -0.2) is 5.43 Å². The van der Waals surface area contributed by atoms with Gasteiger partial charge in [-0.05, 0) is 60.4 Å². The molecule has 0 heterocycles. The third kappa shape index (κ3) is 6.97. The van der Waals surface area contributed by atoms with Gasteiger partial charge in [0.15, 0.2) is 6.61 Å². The van der Waals surface area contributed by atoms with Crippen LogP contribution in [0.5, 0.6) is 11.5 Å². The summed E-state index contributed by atoms with van der Waals surface area (Å²) in [4.78, 5) is 11.8. The Morgan fingerprint density at radius 1 is 1.08 bits per heavy atom. The number of carbonyl (C=O) groups is 1. The van der Waals surface area contributed by atoms with Crippen LogP contribution < -0.4 is 14.9 Å². The van der Waals surface area contributed by atoms with Gasteiger partial charge < -0.3 is 9.47 Å². The molecule has 5 nitrogen and oxygen atoms in total. The second-order valence-corrected chi connectivity index (χ2v) is 5.85. The van der Waals surface area contributed by atoms with Crippen molar-refractivity contribution in [2.24, 2.45) is 5.10 Å². The van der Waals surface area contributed by atoms with E-state index in [4.69, 9.17) is 9.47 Å². The van der Waals surface area contributed by atoms with Crippen LogP contribution in [0.3, 0.4) is 0 Å². The van der Waals surface area contributed by atoms with E-state index in [1.165, 1.54) is 5.56 Å². The first-order valence-electron chi connectivity index (χ1n) is 8.97. The monoisotopic (exact) mass is 354 g/mol. The number of rotatable bonds is 10. The zero-order valence-corrected chi connectivity index (χ0v) is 15.4. The Morgan fingerprint density at radius 3 is 2.62 bits per heavy atom. The van der Waals surface area contributed by atoms with E-state index < -0.39 is 0 Å². The van der Waals surface area contributed by atoms with Crippen LogP contribution in [0.1, 0.15) is 37.8 Å². The summed E-state index contributed by atoms with van der Waals surface area (Å²) in [5, 5.41) is 3.95. The second-order valence-electron chi connectivity index (χ2n) is 5.85. The van der Waals surface area contributed by atoms with Gasteiger partial charge in [0.1, 0.15) is 11.5 Å². The smallest absolute Gasteiger partial charge is 0.277 e. The summed E-state index contributed by atoms with van der Waals surface area (Å²) >= 11 is 0. The molecule has 0 aliphatic carbocycles. The molecular weight excluding hydrogens is 328 g/mol. The van der Waals surface area contributed by atoms with E-state index in [1.807, 2.05) is 48.5 Å². The van der Waals surface area contributed by atoms with E-state index in [2.05, 4.69) is 24.4 Å². The molecule has 5 heteroatoms. The minimum Gasteiger partial charge on any atom is -0.494 e. The number of amides is 1. The van der Waals surface area contributed by atoms with Gasteiger partial charge in [-0.2, -0.15) is 5.10 Å². The lowest BCUT2D eigenvalue weighted by atomic mass is 10.2. The van der Waals surface area contributed by atoms with Crippen molar-refractivity contribution < 1.29 is 14.3 Å².